The van der Waals surface area contributed by atoms with Crippen LogP contribution < -0.4 is 4.90 Å². The molecule has 5 heteroatoms. The van der Waals surface area contributed by atoms with Gasteiger partial charge in [0.25, 0.3) is 5.91 Å². The second-order valence-electron chi connectivity index (χ2n) is 7.55. The lowest BCUT2D eigenvalue weighted by Gasteiger charge is -2.41. The largest absolute Gasteiger partial charge is 0.368 e. The molecule has 1 fully saturated rings. The maximum Gasteiger partial charge on any atom is 0.272 e. The third-order valence-electron chi connectivity index (χ3n) is 5.20. The quantitative estimate of drug-likeness (QED) is 0.841. The summed E-state index contributed by atoms with van der Waals surface area (Å²) in [5.41, 5.74) is 4.20. The first kappa shape index (κ1) is 18.5. The Hall–Kier alpha value is -2.30. The highest BCUT2D eigenvalue weighted by molar-refractivity contribution is 5.93. The van der Waals surface area contributed by atoms with Crippen LogP contribution in [0.5, 0.6) is 0 Å². The van der Waals surface area contributed by atoms with Crippen LogP contribution in [-0.4, -0.2) is 46.3 Å². The maximum atomic E-state index is 13.2. The van der Waals surface area contributed by atoms with E-state index < -0.39 is 0 Å². The number of carbonyl (C=O) groups is 1. The molecule has 0 N–H and O–H groups in total. The minimum atomic E-state index is 0.0994. The molecule has 1 aliphatic heterocycles. The summed E-state index contributed by atoms with van der Waals surface area (Å²) in [4.78, 5) is 17.5. The molecule has 0 bridgehead atoms. The monoisotopic (exact) mass is 354 g/mol. The fourth-order valence-corrected chi connectivity index (χ4v) is 3.53. The van der Waals surface area contributed by atoms with E-state index in [0.717, 1.165) is 25.3 Å². The van der Waals surface area contributed by atoms with Gasteiger partial charge in [-0.2, -0.15) is 5.10 Å². The van der Waals surface area contributed by atoms with E-state index >= 15 is 0 Å². The van der Waals surface area contributed by atoms with Gasteiger partial charge in [0.05, 0.1) is 5.69 Å². The first-order valence-corrected chi connectivity index (χ1v) is 9.61. The summed E-state index contributed by atoms with van der Waals surface area (Å²) in [6, 6.07) is 10.8. The van der Waals surface area contributed by atoms with Crippen molar-refractivity contribution in [3.63, 3.8) is 0 Å². The number of carbonyl (C=O) groups excluding carboxylic acids is 1. The van der Waals surface area contributed by atoms with Gasteiger partial charge in [0.1, 0.15) is 5.69 Å². The summed E-state index contributed by atoms with van der Waals surface area (Å²) >= 11 is 0. The van der Waals surface area contributed by atoms with Crippen molar-refractivity contribution in [2.45, 2.75) is 53.1 Å². The van der Waals surface area contributed by atoms with Gasteiger partial charge in [-0.05, 0) is 44.9 Å². The molecule has 1 amide bonds. The first-order valence-electron chi connectivity index (χ1n) is 9.61. The van der Waals surface area contributed by atoms with Crippen molar-refractivity contribution >= 4 is 11.6 Å². The number of rotatable bonds is 4. The van der Waals surface area contributed by atoms with E-state index in [1.165, 1.54) is 11.3 Å². The molecule has 1 aromatic carbocycles. The van der Waals surface area contributed by atoms with Crippen LogP contribution in [-0.2, 0) is 6.54 Å². The average Bonchev–Trinajstić information content (AvgIpc) is 3.06. The lowest BCUT2D eigenvalue weighted by atomic mass is 10.1. The minimum absolute atomic E-state index is 0.0994. The summed E-state index contributed by atoms with van der Waals surface area (Å²) in [6.07, 6.45) is 0. The standard InChI is InChI=1S/C21H30N4O/c1-6-25-20(13-19(22-25)15(2)3)21(26)24-12-11-23(14-17(24)5)18-9-7-16(4)8-10-18/h7-10,13,15,17H,6,11-12,14H2,1-5H3/t17-/m1/s1. The van der Waals surface area contributed by atoms with Gasteiger partial charge in [-0.25, -0.2) is 0 Å². The molecule has 1 aliphatic rings. The van der Waals surface area contributed by atoms with E-state index in [1.54, 1.807) is 0 Å². The van der Waals surface area contributed by atoms with Gasteiger partial charge in [-0.15, -0.1) is 0 Å². The third-order valence-corrected chi connectivity index (χ3v) is 5.20. The molecule has 3 rings (SSSR count). The molecule has 2 heterocycles. The molecule has 0 unspecified atom stereocenters. The van der Waals surface area contributed by atoms with Crippen molar-refractivity contribution in [1.82, 2.24) is 14.7 Å². The van der Waals surface area contributed by atoms with Gasteiger partial charge < -0.3 is 9.80 Å². The number of hydrogen-bond acceptors (Lipinski definition) is 3. The molecular weight excluding hydrogens is 324 g/mol. The zero-order valence-corrected chi connectivity index (χ0v) is 16.6. The summed E-state index contributed by atoms with van der Waals surface area (Å²) in [6.45, 7) is 13.7. The Morgan fingerprint density at radius 3 is 2.50 bits per heavy atom. The van der Waals surface area contributed by atoms with Gasteiger partial charge in [-0.3, -0.25) is 9.48 Å². The Bertz CT molecular complexity index is 763. The van der Waals surface area contributed by atoms with Crippen molar-refractivity contribution in [3.05, 3.63) is 47.3 Å². The summed E-state index contributed by atoms with van der Waals surface area (Å²) in [5.74, 6) is 0.424. The Morgan fingerprint density at radius 2 is 1.92 bits per heavy atom. The normalized spacial score (nSPS) is 17.8. The van der Waals surface area contributed by atoms with Crippen molar-refractivity contribution in [1.29, 1.82) is 0 Å². The first-order chi connectivity index (χ1) is 12.4. The average molecular weight is 354 g/mol. The predicted octanol–water partition coefficient (Wildman–Crippen LogP) is 3.69. The Kier molecular flexibility index (Phi) is 5.35. The van der Waals surface area contributed by atoms with Crippen LogP contribution in [0.15, 0.2) is 30.3 Å². The maximum absolute atomic E-state index is 13.2. The molecule has 0 radical (unpaired) electrons. The zero-order chi connectivity index (χ0) is 18.8. The molecule has 2 aromatic rings. The van der Waals surface area contributed by atoms with E-state index in [0.29, 0.717) is 18.2 Å². The lowest BCUT2D eigenvalue weighted by molar-refractivity contribution is 0.0661. The third kappa shape index (κ3) is 3.62. The molecule has 0 aliphatic carbocycles. The molecule has 1 aromatic heterocycles. The topological polar surface area (TPSA) is 41.4 Å². The van der Waals surface area contributed by atoms with E-state index in [9.17, 15) is 4.79 Å². The Labute approximate surface area is 156 Å². The number of nitrogens with zero attached hydrogens (tertiary/aromatic N) is 4. The minimum Gasteiger partial charge on any atom is -0.368 e. The van der Waals surface area contributed by atoms with Gasteiger partial charge in [-0.1, -0.05) is 31.5 Å². The second kappa shape index (κ2) is 7.52. The highest BCUT2D eigenvalue weighted by atomic mass is 16.2. The lowest BCUT2D eigenvalue weighted by Crippen LogP contribution is -2.54. The number of aromatic nitrogens is 2. The van der Waals surface area contributed by atoms with E-state index in [1.807, 2.05) is 22.6 Å². The summed E-state index contributed by atoms with van der Waals surface area (Å²) in [7, 11) is 0. The Morgan fingerprint density at radius 1 is 1.23 bits per heavy atom. The van der Waals surface area contributed by atoms with Crippen molar-refractivity contribution in [2.24, 2.45) is 0 Å². The second-order valence-corrected chi connectivity index (χ2v) is 7.55. The van der Waals surface area contributed by atoms with E-state index in [-0.39, 0.29) is 11.9 Å². The molecule has 0 spiro atoms. The number of aryl methyl sites for hydroxylation is 2. The van der Waals surface area contributed by atoms with Crippen molar-refractivity contribution in [3.8, 4) is 0 Å². The predicted molar refractivity (Wildman–Crippen MR) is 106 cm³/mol. The van der Waals surface area contributed by atoms with Gasteiger partial charge in [0, 0.05) is 37.9 Å². The van der Waals surface area contributed by atoms with Crippen LogP contribution in [0.2, 0.25) is 0 Å². The number of benzene rings is 1. The van der Waals surface area contributed by atoms with Crippen LogP contribution in [0.4, 0.5) is 5.69 Å². The number of anilines is 1. The van der Waals surface area contributed by atoms with Crippen molar-refractivity contribution < 1.29 is 4.79 Å². The molecule has 140 valence electrons. The van der Waals surface area contributed by atoms with Crippen LogP contribution in [0, 0.1) is 6.92 Å². The summed E-state index contributed by atoms with van der Waals surface area (Å²) < 4.78 is 1.84. The highest BCUT2D eigenvalue weighted by Crippen LogP contribution is 2.22. The Balaban J connectivity index is 1.75. The molecule has 26 heavy (non-hydrogen) atoms. The number of amides is 1. The number of piperazine rings is 1. The van der Waals surface area contributed by atoms with Crippen LogP contribution in [0.1, 0.15) is 55.4 Å². The molecule has 1 atom stereocenters. The summed E-state index contributed by atoms with van der Waals surface area (Å²) in [5, 5.41) is 4.60. The SMILES string of the molecule is CCn1nc(C(C)C)cc1C(=O)N1CCN(c2ccc(C)cc2)C[C@H]1C. The fraction of sp³-hybridized carbons (Fsp3) is 0.524. The van der Waals surface area contributed by atoms with Crippen LogP contribution in [0.3, 0.4) is 0 Å². The smallest absolute Gasteiger partial charge is 0.272 e. The zero-order valence-electron chi connectivity index (χ0n) is 16.6. The van der Waals surface area contributed by atoms with Crippen molar-refractivity contribution in [2.75, 3.05) is 24.5 Å². The van der Waals surface area contributed by atoms with E-state index in [4.69, 9.17) is 0 Å². The molecule has 1 saturated heterocycles. The number of hydrogen-bond donors (Lipinski definition) is 0. The van der Waals surface area contributed by atoms with Gasteiger partial charge in [0.2, 0.25) is 0 Å². The highest BCUT2D eigenvalue weighted by Gasteiger charge is 2.30. The molecular formula is C21H30N4O. The van der Waals surface area contributed by atoms with Crippen LogP contribution in [0.25, 0.3) is 0 Å². The molecule has 5 nitrogen and oxygen atoms in total. The van der Waals surface area contributed by atoms with Gasteiger partial charge in [0.15, 0.2) is 0 Å². The molecule has 0 saturated carbocycles. The van der Waals surface area contributed by atoms with Crippen LogP contribution >= 0.6 is 0 Å². The fourth-order valence-electron chi connectivity index (χ4n) is 3.53. The van der Waals surface area contributed by atoms with Gasteiger partial charge >= 0.3 is 0 Å². The van der Waals surface area contributed by atoms with E-state index in [2.05, 4.69) is 62.0 Å².